The summed E-state index contributed by atoms with van der Waals surface area (Å²) in [6.07, 6.45) is 6.77. The normalized spacial score (nSPS) is 31.5. The molecule has 2 N–H and O–H groups in total. The Kier molecular flexibility index (Phi) is 5.56. The highest BCUT2D eigenvalue weighted by atomic mass is 16.5. The summed E-state index contributed by atoms with van der Waals surface area (Å²) in [6.45, 7) is 2.28. The van der Waals surface area contributed by atoms with Crippen LogP contribution in [0.2, 0.25) is 0 Å². The molecule has 0 heterocycles. The van der Waals surface area contributed by atoms with Crippen molar-refractivity contribution in [3.8, 4) is 23.0 Å². The van der Waals surface area contributed by atoms with Crippen LogP contribution in [0, 0.1) is 17.3 Å². The number of benzene rings is 2. The first-order valence-corrected chi connectivity index (χ1v) is 11.9. The zero-order valence-electron chi connectivity index (χ0n) is 19.9. The molecule has 0 saturated heterocycles. The number of rotatable bonds is 4. The molecule has 0 spiro atoms. The minimum atomic E-state index is -0.455. The van der Waals surface area contributed by atoms with Crippen molar-refractivity contribution in [2.75, 3.05) is 21.3 Å². The highest BCUT2D eigenvalue weighted by molar-refractivity contribution is 5.64. The molecule has 2 aromatic carbocycles. The third kappa shape index (κ3) is 3.48. The molecule has 0 aliphatic heterocycles. The van der Waals surface area contributed by atoms with Gasteiger partial charge in [-0.15, -0.1) is 0 Å². The number of methoxy groups -OCH3 is 3. The van der Waals surface area contributed by atoms with Crippen molar-refractivity contribution in [1.82, 2.24) is 0 Å². The van der Waals surface area contributed by atoms with Gasteiger partial charge in [-0.1, -0.05) is 19.1 Å². The van der Waals surface area contributed by atoms with Gasteiger partial charge in [-0.05, 0) is 96.4 Å². The SMILES string of the molecule is COc1cc(/C=C2\CC3C4CCc5cc(O)ccc5C4CC[C@]3(C)[C@H]2O)cc(OC)c1OC. The van der Waals surface area contributed by atoms with Crippen LogP contribution in [0.3, 0.4) is 0 Å². The first-order chi connectivity index (χ1) is 15.9. The van der Waals surface area contributed by atoms with Gasteiger partial charge in [0.2, 0.25) is 5.75 Å². The summed E-state index contributed by atoms with van der Waals surface area (Å²) in [5.41, 5.74) is 4.63. The third-order valence-corrected chi connectivity index (χ3v) is 8.62. The van der Waals surface area contributed by atoms with E-state index in [4.69, 9.17) is 14.2 Å². The summed E-state index contributed by atoms with van der Waals surface area (Å²) in [5.74, 6) is 3.69. The summed E-state index contributed by atoms with van der Waals surface area (Å²) in [6, 6.07) is 9.78. The highest BCUT2D eigenvalue weighted by Crippen LogP contribution is 2.62. The lowest BCUT2D eigenvalue weighted by molar-refractivity contribution is -0.0158. The monoisotopic (exact) mass is 450 g/mol. The lowest BCUT2D eigenvalue weighted by Crippen LogP contribution is -2.44. The van der Waals surface area contributed by atoms with Crippen LogP contribution in [-0.4, -0.2) is 37.6 Å². The predicted octanol–water partition coefficient (Wildman–Crippen LogP) is 5.33. The quantitative estimate of drug-likeness (QED) is 0.659. The smallest absolute Gasteiger partial charge is 0.203 e. The zero-order chi connectivity index (χ0) is 23.3. The topological polar surface area (TPSA) is 68.2 Å². The first kappa shape index (κ1) is 22.1. The van der Waals surface area contributed by atoms with E-state index >= 15 is 0 Å². The Labute approximate surface area is 196 Å². The standard InChI is InChI=1S/C28H34O5/c1-28-10-9-21-20-8-6-19(29)14-17(20)5-7-22(21)23(28)15-18(27(28)30)11-16-12-24(31-2)26(33-4)25(13-16)32-3/h6,8,11-14,21-23,27,29-30H,5,7,9-10,15H2,1-4H3/b18-11+/t21?,22?,23?,27-,28-/m0/s1. The van der Waals surface area contributed by atoms with Crippen LogP contribution in [0.15, 0.2) is 35.9 Å². The molecule has 3 aliphatic carbocycles. The number of aliphatic hydroxyl groups excluding tert-OH is 1. The fraction of sp³-hybridized carbons (Fsp3) is 0.500. The fourth-order valence-electron chi connectivity index (χ4n) is 6.97. The minimum Gasteiger partial charge on any atom is -0.508 e. The minimum absolute atomic E-state index is 0.109. The number of phenolic OH excluding ortho intramolecular Hbond substituents is 1. The maximum absolute atomic E-state index is 11.5. The second-order valence-electron chi connectivity index (χ2n) is 10.1. The van der Waals surface area contributed by atoms with Crippen LogP contribution in [-0.2, 0) is 6.42 Å². The molecule has 2 saturated carbocycles. The molecule has 5 rings (SSSR count). The zero-order valence-corrected chi connectivity index (χ0v) is 19.9. The van der Waals surface area contributed by atoms with Crippen molar-refractivity contribution in [3.05, 3.63) is 52.6 Å². The van der Waals surface area contributed by atoms with Crippen molar-refractivity contribution < 1.29 is 24.4 Å². The average Bonchev–Trinajstić information content (AvgIpc) is 3.08. The molecule has 3 unspecified atom stereocenters. The van der Waals surface area contributed by atoms with Gasteiger partial charge in [-0.2, -0.15) is 0 Å². The van der Waals surface area contributed by atoms with Gasteiger partial charge in [0.1, 0.15) is 5.75 Å². The van der Waals surface area contributed by atoms with E-state index in [0.29, 0.717) is 40.8 Å². The van der Waals surface area contributed by atoms with E-state index in [2.05, 4.69) is 19.1 Å². The molecular weight excluding hydrogens is 416 g/mol. The van der Waals surface area contributed by atoms with Gasteiger partial charge in [0.15, 0.2) is 11.5 Å². The first-order valence-electron chi connectivity index (χ1n) is 11.9. The Balaban J connectivity index is 1.48. The van der Waals surface area contributed by atoms with Crippen molar-refractivity contribution in [3.63, 3.8) is 0 Å². The van der Waals surface area contributed by atoms with Crippen molar-refractivity contribution >= 4 is 6.08 Å². The van der Waals surface area contributed by atoms with Crippen LogP contribution in [0.4, 0.5) is 0 Å². The van der Waals surface area contributed by atoms with Gasteiger partial charge >= 0.3 is 0 Å². The Morgan fingerprint density at radius 1 is 1.00 bits per heavy atom. The Morgan fingerprint density at radius 3 is 2.39 bits per heavy atom. The number of hydrogen-bond donors (Lipinski definition) is 2. The summed E-state index contributed by atoms with van der Waals surface area (Å²) in [5, 5.41) is 21.4. The van der Waals surface area contributed by atoms with Crippen LogP contribution < -0.4 is 14.2 Å². The van der Waals surface area contributed by atoms with Gasteiger partial charge in [-0.3, -0.25) is 0 Å². The van der Waals surface area contributed by atoms with Crippen LogP contribution in [0.1, 0.15) is 55.2 Å². The molecule has 0 amide bonds. The molecule has 33 heavy (non-hydrogen) atoms. The maximum atomic E-state index is 11.5. The molecule has 0 radical (unpaired) electrons. The van der Waals surface area contributed by atoms with Crippen molar-refractivity contribution in [1.29, 1.82) is 0 Å². The van der Waals surface area contributed by atoms with E-state index in [-0.39, 0.29) is 5.41 Å². The molecule has 2 fully saturated rings. The lowest BCUT2D eigenvalue weighted by atomic mass is 9.55. The molecule has 0 bridgehead atoms. The largest absolute Gasteiger partial charge is 0.508 e. The van der Waals surface area contributed by atoms with E-state index in [1.807, 2.05) is 24.3 Å². The van der Waals surface area contributed by atoms with E-state index in [1.165, 1.54) is 11.1 Å². The Hall–Kier alpha value is -2.66. The van der Waals surface area contributed by atoms with Gasteiger partial charge in [0, 0.05) is 5.41 Å². The molecule has 0 aromatic heterocycles. The summed E-state index contributed by atoms with van der Waals surface area (Å²) in [4.78, 5) is 0. The number of fused-ring (bicyclic) bond motifs is 5. The van der Waals surface area contributed by atoms with E-state index in [0.717, 1.165) is 43.2 Å². The van der Waals surface area contributed by atoms with E-state index < -0.39 is 6.10 Å². The highest BCUT2D eigenvalue weighted by Gasteiger charge is 2.56. The fourth-order valence-corrected chi connectivity index (χ4v) is 6.97. The second-order valence-corrected chi connectivity index (χ2v) is 10.1. The van der Waals surface area contributed by atoms with Gasteiger partial charge in [0.05, 0.1) is 27.4 Å². The van der Waals surface area contributed by atoms with E-state index in [1.54, 1.807) is 21.3 Å². The molecule has 5 nitrogen and oxygen atoms in total. The number of phenols is 1. The number of aromatic hydroxyl groups is 1. The van der Waals surface area contributed by atoms with Crippen LogP contribution in [0.5, 0.6) is 23.0 Å². The number of aliphatic hydroxyl groups is 1. The maximum Gasteiger partial charge on any atom is 0.203 e. The lowest BCUT2D eigenvalue weighted by Gasteiger charge is -2.49. The molecule has 3 aliphatic rings. The van der Waals surface area contributed by atoms with Gasteiger partial charge in [-0.25, -0.2) is 0 Å². The van der Waals surface area contributed by atoms with Crippen LogP contribution >= 0.6 is 0 Å². The van der Waals surface area contributed by atoms with Crippen LogP contribution in [0.25, 0.3) is 6.08 Å². The van der Waals surface area contributed by atoms with Crippen molar-refractivity contribution in [2.45, 2.75) is 51.0 Å². The number of ether oxygens (including phenoxy) is 3. The molecular formula is C28H34O5. The number of hydrogen-bond acceptors (Lipinski definition) is 5. The van der Waals surface area contributed by atoms with Gasteiger partial charge < -0.3 is 24.4 Å². The van der Waals surface area contributed by atoms with Gasteiger partial charge in [0.25, 0.3) is 0 Å². The van der Waals surface area contributed by atoms with E-state index in [9.17, 15) is 10.2 Å². The molecule has 5 atom stereocenters. The summed E-state index contributed by atoms with van der Waals surface area (Å²) >= 11 is 0. The molecule has 5 heteroatoms. The Morgan fingerprint density at radius 2 is 1.73 bits per heavy atom. The number of aryl methyl sites for hydroxylation is 1. The van der Waals surface area contributed by atoms with Crippen molar-refractivity contribution in [2.24, 2.45) is 17.3 Å². The Bertz CT molecular complexity index is 1060. The summed E-state index contributed by atoms with van der Waals surface area (Å²) in [7, 11) is 4.84. The summed E-state index contributed by atoms with van der Waals surface area (Å²) < 4.78 is 16.5. The predicted molar refractivity (Wildman–Crippen MR) is 128 cm³/mol. The second kappa shape index (κ2) is 8.28. The third-order valence-electron chi connectivity index (χ3n) is 8.62. The molecule has 176 valence electrons. The molecule has 2 aromatic rings. The average molecular weight is 451 g/mol.